The van der Waals surface area contributed by atoms with Gasteiger partial charge in [0, 0.05) is 24.8 Å². The van der Waals surface area contributed by atoms with Crippen molar-refractivity contribution in [3.63, 3.8) is 0 Å². The predicted octanol–water partition coefficient (Wildman–Crippen LogP) is 1.71. The van der Waals surface area contributed by atoms with Crippen molar-refractivity contribution in [2.75, 3.05) is 18.4 Å². The molecule has 0 fully saturated rings. The number of amides is 1. The number of ether oxygens (including phenoxy) is 1. The van der Waals surface area contributed by atoms with Gasteiger partial charge in [0.1, 0.15) is 18.4 Å². The van der Waals surface area contributed by atoms with E-state index in [1.807, 2.05) is 55.5 Å². The van der Waals surface area contributed by atoms with Gasteiger partial charge in [-0.2, -0.15) is 4.31 Å². The average molecular weight is 407 g/mol. The lowest BCUT2D eigenvalue weighted by Gasteiger charge is -2.21. The number of carbonyl (C=O) groups excluding carboxylic acids is 1. The van der Waals surface area contributed by atoms with Crippen LogP contribution in [0.1, 0.15) is 18.1 Å². The minimum absolute atomic E-state index is 0.0713. The highest BCUT2D eigenvalue weighted by Crippen LogP contribution is 2.22. The molecule has 0 saturated carbocycles. The van der Waals surface area contributed by atoms with Gasteiger partial charge in [-0.05, 0) is 31.0 Å². The third kappa shape index (κ3) is 6.22. The third-order valence-corrected chi connectivity index (χ3v) is 5.23. The largest absolute Gasteiger partial charge is 0.489 e. The molecular weight excluding hydrogens is 382 g/mol. The van der Waals surface area contributed by atoms with Gasteiger partial charge in [-0.3, -0.25) is 10.0 Å². The van der Waals surface area contributed by atoms with Crippen LogP contribution in [-0.2, 0) is 22.3 Å². The van der Waals surface area contributed by atoms with Crippen molar-refractivity contribution >= 4 is 22.5 Å². The van der Waals surface area contributed by atoms with Crippen LogP contribution in [0.5, 0.6) is 5.75 Å². The summed E-state index contributed by atoms with van der Waals surface area (Å²) in [5, 5.41) is 11.9. The maximum atomic E-state index is 11.5. The molecule has 1 atom stereocenters. The molecule has 2 aromatic rings. The molecule has 0 saturated heterocycles. The van der Waals surface area contributed by atoms with E-state index in [0.717, 1.165) is 21.1 Å². The minimum Gasteiger partial charge on any atom is -0.489 e. The van der Waals surface area contributed by atoms with E-state index in [2.05, 4.69) is 5.32 Å². The molecule has 0 unspecified atom stereocenters. The molecule has 8 nitrogen and oxygen atoms in total. The van der Waals surface area contributed by atoms with Gasteiger partial charge in [-0.15, -0.1) is 0 Å². The molecule has 152 valence electrons. The van der Waals surface area contributed by atoms with E-state index < -0.39 is 22.8 Å². The summed E-state index contributed by atoms with van der Waals surface area (Å²) < 4.78 is 29.6. The lowest BCUT2D eigenvalue weighted by atomic mass is 10.2. The second kappa shape index (κ2) is 10.6. The number of nitrogens with zero attached hydrogens (tertiary/aromatic N) is 1. The molecule has 0 heterocycles. The third-order valence-electron chi connectivity index (χ3n) is 4.26. The molecule has 0 aromatic heterocycles. The van der Waals surface area contributed by atoms with Crippen molar-refractivity contribution in [3.8, 4) is 5.75 Å². The number of aryl methyl sites for hydroxylation is 1. The minimum atomic E-state index is -2.97. The van der Waals surface area contributed by atoms with Crippen LogP contribution in [0.15, 0.2) is 48.5 Å². The Labute approximate surface area is 166 Å². The lowest BCUT2D eigenvalue weighted by Crippen LogP contribution is -2.45. The first-order valence-electron chi connectivity index (χ1n) is 8.78. The Morgan fingerprint density at radius 1 is 1.21 bits per heavy atom. The Balaban J connectivity index is 1.96. The molecule has 1 amide bonds. The number of hydrogen-bond donors (Lipinski definition) is 4. The average Bonchev–Trinajstić information content (AvgIpc) is 2.70. The fraction of sp³-hybridized carbons (Fsp3) is 0.316. The van der Waals surface area contributed by atoms with E-state index in [9.17, 15) is 13.2 Å². The summed E-state index contributed by atoms with van der Waals surface area (Å²) in [7, 11) is -2.97. The molecule has 2 rings (SSSR count). The Morgan fingerprint density at radius 3 is 2.57 bits per heavy atom. The Kier molecular flexibility index (Phi) is 8.24. The SMILES string of the molecule is Cc1ccc(OCc2ccccc2)cc1NCCN([C@H](C)C(=O)NO)[SH](=O)=O. The number of carbonyl (C=O) groups is 1. The summed E-state index contributed by atoms with van der Waals surface area (Å²) in [6.07, 6.45) is 0. The first-order chi connectivity index (χ1) is 13.4. The van der Waals surface area contributed by atoms with Gasteiger partial charge in [0.2, 0.25) is 10.9 Å². The fourth-order valence-electron chi connectivity index (χ4n) is 2.57. The molecular formula is C19H25N3O5S. The number of rotatable bonds is 10. The molecule has 2 aromatic carbocycles. The van der Waals surface area contributed by atoms with Crippen molar-refractivity contribution in [1.29, 1.82) is 0 Å². The summed E-state index contributed by atoms with van der Waals surface area (Å²) >= 11 is 0. The Bertz CT molecular complexity index is 850. The van der Waals surface area contributed by atoms with Crippen molar-refractivity contribution in [3.05, 3.63) is 59.7 Å². The quantitative estimate of drug-likeness (QED) is 0.271. The molecule has 3 N–H and O–H groups in total. The monoisotopic (exact) mass is 407 g/mol. The van der Waals surface area contributed by atoms with Crippen molar-refractivity contribution in [2.45, 2.75) is 26.5 Å². The normalized spacial score (nSPS) is 12.0. The van der Waals surface area contributed by atoms with Crippen LogP contribution in [0.25, 0.3) is 0 Å². The van der Waals surface area contributed by atoms with Crippen molar-refractivity contribution in [2.24, 2.45) is 0 Å². The van der Waals surface area contributed by atoms with Gasteiger partial charge < -0.3 is 10.1 Å². The van der Waals surface area contributed by atoms with E-state index in [0.29, 0.717) is 12.4 Å². The molecule has 28 heavy (non-hydrogen) atoms. The summed E-state index contributed by atoms with van der Waals surface area (Å²) in [6, 6.07) is 14.4. The highest BCUT2D eigenvalue weighted by atomic mass is 32.2. The van der Waals surface area contributed by atoms with Gasteiger partial charge in [0.05, 0.1) is 0 Å². The van der Waals surface area contributed by atoms with Gasteiger partial charge >= 0.3 is 0 Å². The second-order valence-electron chi connectivity index (χ2n) is 6.23. The van der Waals surface area contributed by atoms with E-state index >= 15 is 0 Å². The predicted molar refractivity (Wildman–Crippen MR) is 107 cm³/mol. The standard InChI is InChI=1S/C19H25N3O5S/c1-14-8-9-17(27-13-16-6-4-3-5-7-16)12-18(14)20-10-11-22(28(25)26)15(2)19(23)21-24/h3-9,12,15,20,24,28H,10-11,13H2,1-2H3,(H,21,23)/t15-/m1/s1. The smallest absolute Gasteiger partial charge is 0.261 e. The van der Waals surface area contributed by atoms with Crippen LogP contribution >= 0.6 is 0 Å². The van der Waals surface area contributed by atoms with E-state index in [-0.39, 0.29) is 13.1 Å². The molecule has 0 aliphatic rings. The van der Waals surface area contributed by atoms with E-state index in [1.54, 1.807) is 0 Å². The van der Waals surface area contributed by atoms with Crippen LogP contribution in [0.4, 0.5) is 5.69 Å². The topological polar surface area (TPSA) is 108 Å². The fourth-order valence-corrected chi connectivity index (χ4v) is 3.22. The Morgan fingerprint density at radius 2 is 1.93 bits per heavy atom. The number of hydroxylamine groups is 1. The lowest BCUT2D eigenvalue weighted by molar-refractivity contribution is -0.132. The zero-order valence-corrected chi connectivity index (χ0v) is 16.7. The number of benzene rings is 2. The maximum Gasteiger partial charge on any atom is 0.261 e. The van der Waals surface area contributed by atoms with E-state index in [4.69, 9.17) is 9.94 Å². The van der Waals surface area contributed by atoms with Crippen molar-refractivity contribution < 1.29 is 23.2 Å². The van der Waals surface area contributed by atoms with Gasteiger partial charge in [0.25, 0.3) is 5.91 Å². The van der Waals surface area contributed by atoms with Crippen LogP contribution in [-0.4, -0.2) is 43.0 Å². The van der Waals surface area contributed by atoms with Gasteiger partial charge in [0.15, 0.2) is 0 Å². The first kappa shape index (κ1) is 21.7. The zero-order chi connectivity index (χ0) is 20.5. The molecule has 0 spiro atoms. The van der Waals surface area contributed by atoms with Crippen LogP contribution in [0.3, 0.4) is 0 Å². The number of anilines is 1. The number of hydrogen-bond acceptors (Lipinski definition) is 6. The summed E-state index contributed by atoms with van der Waals surface area (Å²) in [6.45, 7) is 4.13. The summed E-state index contributed by atoms with van der Waals surface area (Å²) in [4.78, 5) is 11.5. The molecule has 0 bridgehead atoms. The number of thiol groups is 1. The van der Waals surface area contributed by atoms with Gasteiger partial charge in [-0.1, -0.05) is 36.4 Å². The summed E-state index contributed by atoms with van der Waals surface area (Å²) in [5.74, 6) is -0.0940. The second-order valence-corrected chi connectivity index (χ2v) is 7.22. The molecule has 0 aliphatic heterocycles. The van der Waals surface area contributed by atoms with Gasteiger partial charge in [-0.25, -0.2) is 13.9 Å². The highest BCUT2D eigenvalue weighted by Gasteiger charge is 2.22. The summed E-state index contributed by atoms with van der Waals surface area (Å²) in [5.41, 5.74) is 4.32. The molecule has 0 radical (unpaired) electrons. The van der Waals surface area contributed by atoms with Crippen LogP contribution in [0.2, 0.25) is 0 Å². The maximum absolute atomic E-state index is 11.5. The molecule has 0 aliphatic carbocycles. The van der Waals surface area contributed by atoms with Crippen LogP contribution in [0, 0.1) is 6.92 Å². The van der Waals surface area contributed by atoms with Crippen LogP contribution < -0.4 is 15.5 Å². The highest BCUT2D eigenvalue weighted by molar-refractivity contribution is 7.69. The zero-order valence-electron chi connectivity index (χ0n) is 15.8. The van der Waals surface area contributed by atoms with E-state index in [1.165, 1.54) is 12.4 Å². The first-order valence-corrected chi connectivity index (χ1v) is 9.91. The van der Waals surface area contributed by atoms with Crippen molar-refractivity contribution in [1.82, 2.24) is 9.79 Å². The Hall–Kier alpha value is -2.62. The number of nitrogens with one attached hydrogen (secondary N) is 2. The molecule has 9 heteroatoms.